The van der Waals surface area contributed by atoms with Gasteiger partial charge in [-0.05, 0) is 23.3 Å². The monoisotopic (exact) mass is 204 g/mol. The molecular formula is C12H12O3. The van der Waals surface area contributed by atoms with E-state index in [1.54, 1.807) is 14.2 Å². The van der Waals surface area contributed by atoms with Crippen LogP contribution in [0.3, 0.4) is 0 Å². The van der Waals surface area contributed by atoms with Crippen molar-refractivity contribution < 1.29 is 14.2 Å². The zero-order chi connectivity index (χ0) is 10.4. The van der Waals surface area contributed by atoms with Crippen LogP contribution in [0.5, 0.6) is 11.5 Å². The first kappa shape index (κ1) is 8.80. The second-order valence-corrected chi connectivity index (χ2v) is 3.70. The summed E-state index contributed by atoms with van der Waals surface area (Å²) in [5.41, 5.74) is 2.39. The topological polar surface area (TPSA) is 27.7 Å². The standard InChI is InChI=1S/C12H12O3/c1-13-11-5-7-8(6-12(11)14-2)10-4-3-9(7)15-10/h3-6,9-10H,1-2H3. The quantitative estimate of drug-likeness (QED) is 0.692. The smallest absolute Gasteiger partial charge is 0.161 e. The number of fused-ring (bicyclic) bond motifs is 5. The van der Waals surface area contributed by atoms with Crippen molar-refractivity contribution in [2.45, 2.75) is 12.2 Å². The fraction of sp³-hybridized carbons (Fsp3) is 0.333. The van der Waals surface area contributed by atoms with E-state index in [1.807, 2.05) is 12.1 Å². The Kier molecular flexibility index (Phi) is 1.76. The first-order valence-corrected chi connectivity index (χ1v) is 4.93. The maximum atomic E-state index is 5.72. The van der Waals surface area contributed by atoms with Crippen molar-refractivity contribution in [3.05, 3.63) is 35.4 Å². The minimum absolute atomic E-state index is 0.102. The summed E-state index contributed by atoms with van der Waals surface area (Å²) in [6.07, 6.45) is 4.37. The van der Waals surface area contributed by atoms with Crippen molar-refractivity contribution in [3.63, 3.8) is 0 Å². The Labute approximate surface area is 88.3 Å². The van der Waals surface area contributed by atoms with Crippen molar-refractivity contribution in [3.8, 4) is 11.5 Å². The molecule has 0 saturated heterocycles. The Bertz CT molecular complexity index is 398. The van der Waals surface area contributed by atoms with Crippen molar-refractivity contribution in [1.29, 1.82) is 0 Å². The average Bonchev–Trinajstić information content (AvgIpc) is 2.88. The Balaban J connectivity index is 2.15. The molecule has 0 fully saturated rings. The van der Waals surface area contributed by atoms with E-state index >= 15 is 0 Å². The van der Waals surface area contributed by atoms with E-state index < -0.39 is 0 Å². The molecule has 0 saturated carbocycles. The third kappa shape index (κ3) is 1.10. The fourth-order valence-corrected chi connectivity index (χ4v) is 2.21. The van der Waals surface area contributed by atoms with E-state index in [1.165, 1.54) is 11.1 Å². The number of ether oxygens (including phenoxy) is 3. The van der Waals surface area contributed by atoms with Gasteiger partial charge in [0.15, 0.2) is 11.5 Å². The van der Waals surface area contributed by atoms with Crippen LogP contribution >= 0.6 is 0 Å². The van der Waals surface area contributed by atoms with Gasteiger partial charge in [0.25, 0.3) is 0 Å². The van der Waals surface area contributed by atoms with Crippen molar-refractivity contribution in [2.75, 3.05) is 14.2 Å². The van der Waals surface area contributed by atoms with Crippen molar-refractivity contribution in [2.24, 2.45) is 0 Å². The third-order valence-electron chi connectivity index (χ3n) is 2.96. The summed E-state index contributed by atoms with van der Waals surface area (Å²) in [4.78, 5) is 0. The summed E-state index contributed by atoms with van der Waals surface area (Å²) in [7, 11) is 3.29. The van der Waals surface area contributed by atoms with Crippen LogP contribution in [0, 0.1) is 0 Å². The number of hydrogen-bond acceptors (Lipinski definition) is 3. The normalized spacial score (nSPS) is 25.5. The van der Waals surface area contributed by atoms with E-state index in [0.29, 0.717) is 0 Å². The Morgan fingerprint density at radius 3 is 1.80 bits per heavy atom. The maximum Gasteiger partial charge on any atom is 0.161 e. The minimum Gasteiger partial charge on any atom is -0.493 e. The van der Waals surface area contributed by atoms with Gasteiger partial charge in [-0.15, -0.1) is 0 Å². The minimum atomic E-state index is 0.102. The zero-order valence-corrected chi connectivity index (χ0v) is 8.69. The van der Waals surface area contributed by atoms with Crippen LogP contribution in [-0.2, 0) is 4.74 Å². The highest BCUT2D eigenvalue weighted by Crippen LogP contribution is 2.49. The molecular weight excluding hydrogens is 192 g/mol. The molecule has 2 bridgehead atoms. The van der Waals surface area contributed by atoms with Gasteiger partial charge in [0.05, 0.1) is 14.2 Å². The fourth-order valence-electron chi connectivity index (χ4n) is 2.21. The molecule has 2 unspecified atom stereocenters. The van der Waals surface area contributed by atoms with E-state index in [2.05, 4.69) is 12.2 Å². The van der Waals surface area contributed by atoms with E-state index in [0.717, 1.165) is 11.5 Å². The molecule has 0 aromatic heterocycles. The zero-order valence-electron chi connectivity index (χ0n) is 8.69. The van der Waals surface area contributed by atoms with Gasteiger partial charge in [-0.1, -0.05) is 12.2 Å². The summed E-state index contributed by atoms with van der Waals surface area (Å²) >= 11 is 0. The number of benzene rings is 1. The number of methoxy groups -OCH3 is 2. The Morgan fingerprint density at radius 1 is 0.933 bits per heavy atom. The SMILES string of the molecule is COc1cc2c(cc1OC)C1C=CC2O1. The van der Waals surface area contributed by atoms with Gasteiger partial charge in [0.1, 0.15) is 12.2 Å². The molecule has 3 nitrogen and oxygen atoms in total. The predicted molar refractivity (Wildman–Crippen MR) is 55.3 cm³/mol. The molecule has 1 aromatic rings. The predicted octanol–water partition coefficient (Wildman–Crippen LogP) is 2.39. The van der Waals surface area contributed by atoms with Gasteiger partial charge in [-0.25, -0.2) is 0 Å². The lowest BCUT2D eigenvalue weighted by Crippen LogP contribution is -1.97. The molecule has 3 heteroatoms. The van der Waals surface area contributed by atoms with E-state index in [-0.39, 0.29) is 12.2 Å². The highest BCUT2D eigenvalue weighted by Gasteiger charge is 2.34. The van der Waals surface area contributed by atoms with Crippen LogP contribution in [0.25, 0.3) is 0 Å². The Morgan fingerprint density at radius 2 is 1.40 bits per heavy atom. The van der Waals surface area contributed by atoms with Crippen molar-refractivity contribution >= 4 is 0 Å². The lowest BCUT2D eigenvalue weighted by molar-refractivity contribution is 0.0878. The third-order valence-corrected chi connectivity index (χ3v) is 2.96. The summed E-state index contributed by atoms with van der Waals surface area (Å²) in [5, 5.41) is 0. The molecule has 2 heterocycles. The van der Waals surface area contributed by atoms with Gasteiger partial charge >= 0.3 is 0 Å². The molecule has 2 aliphatic heterocycles. The number of hydrogen-bond donors (Lipinski definition) is 0. The summed E-state index contributed by atoms with van der Waals surface area (Å²) in [5.74, 6) is 1.53. The highest BCUT2D eigenvalue weighted by molar-refractivity contribution is 5.53. The van der Waals surface area contributed by atoms with E-state index in [9.17, 15) is 0 Å². The van der Waals surface area contributed by atoms with Crippen LogP contribution < -0.4 is 9.47 Å². The molecule has 2 atom stereocenters. The van der Waals surface area contributed by atoms with Gasteiger partial charge < -0.3 is 14.2 Å². The van der Waals surface area contributed by atoms with Crippen LogP contribution in [0.4, 0.5) is 0 Å². The molecule has 15 heavy (non-hydrogen) atoms. The summed E-state index contributed by atoms with van der Waals surface area (Å²) in [6, 6.07) is 4.00. The lowest BCUT2D eigenvalue weighted by Gasteiger charge is -2.13. The largest absolute Gasteiger partial charge is 0.493 e. The molecule has 0 N–H and O–H groups in total. The second kappa shape index (κ2) is 3.00. The van der Waals surface area contributed by atoms with E-state index in [4.69, 9.17) is 14.2 Å². The second-order valence-electron chi connectivity index (χ2n) is 3.70. The lowest BCUT2D eigenvalue weighted by atomic mass is 9.96. The van der Waals surface area contributed by atoms with Crippen LogP contribution in [-0.4, -0.2) is 14.2 Å². The molecule has 1 aromatic carbocycles. The number of rotatable bonds is 2. The molecule has 0 aliphatic carbocycles. The summed E-state index contributed by atoms with van der Waals surface area (Å²) < 4.78 is 16.2. The van der Waals surface area contributed by atoms with Crippen LogP contribution in [0.1, 0.15) is 23.3 Å². The maximum absolute atomic E-state index is 5.72. The Hall–Kier alpha value is -1.48. The van der Waals surface area contributed by atoms with Gasteiger partial charge in [0.2, 0.25) is 0 Å². The van der Waals surface area contributed by atoms with Crippen LogP contribution in [0.15, 0.2) is 24.3 Å². The first-order valence-electron chi connectivity index (χ1n) is 4.93. The van der Waals surface area contributed by atoms with Gasteiger partial charge in [-0.3, -0.25) is 0 Å². The molecule has 0 amide bonds. The average molecular weight is 204 g/mol. The highest BCUT2D eigenvalue weighted by atomic mass is 16.5. The van der Waals surface area contributed by atoms with Gasteiger partial charge in [-0.2, -0.15) is 0 Å². The molecule has 2 aliphatic rings. The van der Waals surface area contributed by atoms with Gasteiger partial charge in [0, 0.05) is 0 Å². The molecule has 3 rings (SSSR count). The first-order chi connectivity index (χ1) is 7.33. The molecule has 78 valence electrons. The summed E-state index contributed by atoms with van der Waals surface area (Å²) in [6.45, 7) is 0. The molecule has 0 radical (unpaired) electrons. The van der Waals surface area contributed by atoms with Crippen LogP contribution in [0.2, 0.25) is 0 Å². The molecule has 0 spiro atoms. The van der Waals surface area contributed by atoms with Crippen molar-refractivity contribution in [1.82, 2.24) is 0 Å².